The normalized spacial score (nSPS) is 28.3. The van der Waals surface area contributed by atoms with Crippen LogP contribution in [0.1, 0.15) is 79.8 Å². The number of para-hydroxylation sites is 1. The van der Waals surface area contributed by atoms with Crippen LogP contribution in [0.4, 0.5) is 5.69 Å². The van der Waals surface area contributed by atoms with Crippen molar-refractivity contribution >= 4 is 40.9 Å². The lowest BCUT2D eigenvalue weighted by Gasteiger charge is -2.58. The summed E-state index contributed by atoms with van der Waals surface area (Å²) in [5, 5.41) is 0.507. The maximum absolute atomic E-state index is 15.2. The molecule has 0 spiro atoms. The zero-order chi connectivity index (χ0) is 32.7. The summed E-state index contributed by atoms with van der Waals surface area (Å²) in [7, 11) is 0. The number of nitrogens with zero attached hydrogens (tertiary/aromatic N) is 2. The summed E-state index contributed by atoms with van der Waals surface area (Å²) in [6.07, 6.45) is 6.96. The molecule has 0 unspecified atom stereocenters. The zero-order valence-electron chi connectivity index (χ0n) is 26.8. The number of benzene rings is 3. The highest BCUT2D eigenvalue weighted by Gasteiger charge is 2.54. The number of esters is 1. The van der Waals surface area contributed by atoms with Crippen molar-refractivity contribution < 1.29 is 23.9 Å². The van der Waals surface area contributed by atoms with E-state index in [1.807, 2.05) is 48.5 Å². The van der Waals surface area contributed by atoms with Gasteiger partial charge in [0.05, 0.1) is 12.2 Å². The molecule has 0 aromatic heterocycles. The Morgan fingerprint density at radius 3 is 2.13 bits per heavy atom. The van der Waals surface area contributed by atoms with E-state index in [9.17, 15) is 14.4 Å². The van der Waals surface area contributed by atoms with Gasteiger partial charge in [-0.3, -0.25) is 14.4 Å². The van der Waals surface area contributed by atoms with E-state index in [-0.39, 0.29) is 36.7 Å². The Morgan fingerprint density at radius 2 is 1.47 bits per heavy atom. The summed E-state index contributed by atoms with van der Waals surface area (Å²) in [6, 6.07) is 21.5. The van der Waals surface area contributed by atoms with Gasteiger partial charge in [0.25, 0.3) is 0 Å². The van der Waals surface area contributed by atoms with Crippen LogP contribution < -0.4 is 4.90 Å². The van der Waals surface area contributed by atoms with Gasteiger partial charge in [-0.15, -0.1) is 0 Å². The van der Waals surface area contributed by atoms with Crippen molar-refractivity contribution in [2.45, 2.75) is 83.5 Å². The number of rotatable bonds is 7. The predicted molar refractivity (Wildman–Crippen MR) is 180 cm³/mol. The molecule has 8 rings (SSSR count). The van der Waals surface area contributed by atoms with Crippen molar-refractivity contribution in [1.82, 2.24) is 4.90 Å². The van der Waals surface area contributed by atoms with Gasteiger partial charge in [0.1, 0.15) is 18.7 Å². The average Bonchev–Trinajstić information content (AvgIpc) is 3.08. The summed E-state index contributed by atoms with van der Waals surface area (Å²) < 4.78 is 5.81. The lowest BCUT2D eigenvalue weighted by Crippen LogP contribution is -2.59. The number of halogens is 1. The third-order valence-electron chi connectivity index (χ3n) is 11.0. The van der Waals surface area contributed by atoms with Crippen LogP contribution in [0.25, 0.3) is 0 Å². The van der Waals surface area contributed by atoms with Gasteiger partial charge in [0.15, 0.2) is 5.78 Å². The second kappa shape index (κ2) is 12.9. The first-order chi connectivity index (χ1) is 22.7. The summed E-state index contributed by atoms with van der Waals surface area (Å²) in [4.78, 5) is 60.3. The Bertz CT molecular complexity index is 1650. The highest BCUT2D eigenvalue weighted by Crippen LogP contribution is 2.62. The van der Waals surface area contributed by atoms with Crippen molar-refractivity contribution in [1.29, 1.82) is 0 Å². The van der Waals surface area contributed by atoms with Crippen LogP contribution in [0.3, 0.4) is 0 Å². The lowest BCUT2D eigenvalue weighted by atomic mass is 9.48. The fourth-order valence-corrected chi connectivity index (χ4v) is 9.72. The molecule has 8 heteroatoms. The van der Waals surface area contributed by atoms with Crippen molar-refractivity contribution in [2.75, 3.05) is 4.90 Å². The number of carbonyl (C=O) groups is 4. The summed E-state index contributed by atoms with van der Waals surface area (Å²) in [5.74, 6) is 0.147. The highest BCUT2D eigenvalue weighted by atomic mass is 35.5. The minimum absolute atomic E-state index is 0.00107. The SMILES string of the molecule is CC(=O)N1[C@H](CC23CC4CC(CC(C4)C2)C3)C(=O)N(Cc2ccccc2Cl)c2ccccc2C(=O)C[C@H]1C(=O)OCc1ccccc1. The van der Waals surface area contributed by atoms with E-state index in [1.165, 1.54) is 31.1 Å². The number of carbonyl (C=O) groups excluding carboxylic acids is 4. The van der Waals surface area contributed by atoms with Crippen molar-refractivity contribution in [3.05, 3.63) is 101 Å². The Labute approximate surface area is 281 Å². The largest absolute Gasteiger partial charge is 0.459 e. The number of fused-ring (bicyclic) bond motifs is 1. The van der Waals surface area contributed by atoms with Crippen LogP contribution in [0.15, 0.2) is 78.9 Å². The Balaban J connectivity index is 1.33. The van der Waals surface area contributed by atoms with Crippen LogP contribution in [0.5, 0.6) is 0 Å². The number of amides is 2. The average molecular weight is 653 g/mol. The molecule has 5 aliphatic rings. The fraction of sp³-hybridized carbons (Fsp3) is 0.436. The summed E-state index contributed by atoms with van der Waals surface area (Å²) in [5.41, 5.74) is 2.20. The molecule has 1 heterocycles. The van der Waals surface area contributed by atoms with Crippen LogP contribution in [0.2, 0.25) is 5.02 Å². The molecule has 4 bridgehead atoms. The fourth-order valence-electron chi connectivity index (χ4n) is 9.52. The number of hydrogen-bond acceptors (Lipinski definition) is 5. The molecule has 7 nitrogen and oxygen atoms in total. The molecule has 4 saturated carbocycles. The number of ketones is 1. The molecule has 3 aromatic carbocycles. The van der Waals surface area contributed by atoms with E-state index < -0.39 is 24.0 Å². The molecule has 0 saturated heterocycles. The Hall–Kier alpha value is -3.97. The van der Waals surface area contributed by atoms with Crippen molar-refractivity contribution in [2.24, 2.45) is 23.2 Å². The van der Waals surface area contributed by atoms with Crippen LogP contribution in [0, 0.1) is 23.2 Å². The number of Topliss-reactive ketones (excluding diaryl/α,β-unsaturated/α-hetero) is 1. The second-order valence-electron chi connectivity index (χ2n) is 14.3. The minimum atomic E-state index is -1.25. The lowest BCUT2D eigenvalue weighted by molar-refractivity contribution is -0.161. The van der Waals surface area contributed by atoms with Gasteiger partial charge in [0, 0.05) is 23.9 Å². The molecular formula is C39H41ClN2O5. The zero-order valence-corrected chi connectivity index (χ0v) is 27.5. The van der Waals surface area contributed by atoms with Crippen LogP contribution in [-0.4, -0.2) is 40.6 Å². The highest BCUT2D eigenvalue weighted by molar-refractivity contribution is 6.31. The maximum atomic E-state index is 15.2. The second-order valence-corrected chi connectivity index (χ2v) is 14.7. The van der Waals surface area contributed by atoms with E-state index >= 15 is 4.79 Å². The van der Waals surface area contributed by atoms with Gasteiger partial charge in [-0.25, -0.2) is 4.79 Å². The first-order valence-electron chi connectivity index (χ1n) is 16.9. The molecule has 1 aliphatic heterocycles. The van der Waals surface area contributed by atoms with Crippen LogP contribution in [-0.2, 0) is 32.3 Å². The number of ether oxygens (including phenoxy) is 1. The number of anilines is 1. The molecule has 244 valence electrons. The molecule has 0 radical (unpaired) electrons. The third-order valence-corrected chi connectivity index (χ3v) is 11.4. The summed E-state index contributed by atoms with van der Waals surface area (Å²) in [6.45, 7) is 1.51. The minimum Gasteiger partial charge on any atom is -0.459 e. The summed E-state index contributed by atoms with van der Waals surface area (Å²) >= 11 is 6.63. The Morgan fingerprint density at radius 1 is 0.851 bits per heavy atom. The van der Waals surface area contributed by atoms with E-state index in [4.69, 9.17) is 16.3 Å². The van der Waals surface area contributed by atoms with E-state index in [1.54, 1.807) is 35.2 Å². The molecule has 2 amide bonds. The van der Waals surface area contributed by atoms with Gasteiger partial charge in [-0.2, -0.15) is 0 Å². The van der Waals surface area contributed by atoms with Gasteiger partial charge in [-0.05, 0) is 97.4 Å². The Kier molecular flexibility index (Phi) is 8.69. The van der Waals surface area contributed by atoms with Gasteiger partial charge in [0.2, 0.25) is 11.8 Å². The quantitative estimate of drug-likeness (QED) is 0.249. The molecule has 4 aliphatic carbocycles. The van der Waals surface area contributed by atoms with E-state index in [0.29, 0.717) is 40.4 Å². The molecule has 0 N–H and O–H groups in total. The smallest absolute Gasteiger partial charge is 0.329 e. The van der Waals surface area contributed by atoms with E-state index in [2.05, 4.69) is 0 Å². The molecule has 4 fully saturated rings. The van der Waals surface area contributed by atoms with E-state index in [0.717, 1.165) is 30.4 Å². The topological polar surface area (TPSA) is 84.0 Å². The third kappa shape index (κ3) is 6.34. The number of hydrogen-bond donors (Lipinski definition) is 0. The van der Waals surface area contributed by atoms with Crippen molar-refractivity contribution in [3.63, 3.8) is 0 Å². The molecule has 2 atom stereocenters. The first-order valence-corrected chi connectivity index (χ1v) is 17.2. The van der Waals surface area contributed by atoms with Gasteiger partial charge in [-0.1, -0.05) is 72.3 Å². The van der Waals surface area contributed by atoms with Gasteiger partial charge < -0.3 is 14.5 Å². The first kappa shape index (κ1) is 31.6. The molecular weight excluding hydrogens is 612 g/mol. The van der Waals surface area contributed by atoms with Crippen molar-refractivity contribution in [3.8, 4) is 0 Å². The molecule has 47 heavy (non-hydrogen) atoms. The standard InChI is InChI=1S/C39H41ClN2O5/c1-25(43)42-34(38(46)47-24-26-9-3-2-4-10-26)18-36(44)31-12-6-8-14-33(31)41(23-30-11-5-7-13-32(30)40)37(45)35(42)22-39-19-27-15-28(20-39)17-29(16-27)21-39/h2-14,27-29,34-35H,15-24H2,1H3/t27?,28?,29?,34-,35+,39?/m0/s1. The van der Waals surface area contributed by atoms with Crippen LogP contribution >= 0.6 is 11.6 Å². The monoisotopic (exact) mass is 652 g/mol. The maximum Gasteiger partial charge on any atom is 0.329 e. The molecule has 3 aromatic rings. The van der Waals surface area contributed by atoms with Gasteiger partial charge >= 0.3 is 5.97 Å². The predicted octanol–water partition coefficient (Wildman–Crippen LogP) is 7.40.